The highest BCUT2D eigenvalue weighted by atomic mass is 79.9. The van der Waals surface area contributed by atoms with Crippen molar-refractivity contribution in [3.63, 3.8) is 0 Å². The zero-order valence-corrected chi connectivity index (χ0v) is 13.2. The quantitative estimate of drug-likeness (QED) is 0.633. The van der Waals surface area contributed by atoms with Crippen LogP contribution in [-0.4, -0.2) is 12.2 Å². The predicted octanol–water partition coefficient (Wildman–Crippen LogP) is 4.66. The second-order valence-electron chi connectivity index (χ2n) is 4.48. The fourth-order valence-corrected chi connectivity index (χ4v) is 2.94. The molecule has 0 saturated carbocycles. The number of amides is 1. The average Bonchev–Trinajstić information content (AvgIpc) is 2.76. The van der Waals surface area contributed by atoms with Gasteiger partial charge in [-0.1, -0.05) is 28.1 Å². The molecule has 0 unspecified atom stereocenters. The highest BCUT2D eigenvalue weighted by Crippen LogP contribution is 2.35. The Morgan fingerprint density at radius 1 is 1.15 bits per heavy atom. The molecule has 2 aromatic carbocycles. The SMILES string of the molecule is CSc1ccc(/C=C2\C(=O)Nc3ccc(Br)cc32)cc1. The van der Waals surface area contributed by atoms with E-state index in [9.17, 15) is 4.79 Å². The zero-order valence-electron chi connectivity index (χ0n) is 10.8. The lowest BCUT2D eigenvalue weighted by atomic mass is 10.0. The van der Waals surface area contributed by atoms with Crippen LogP contribution in [0.2, 0.25) is 0 Å². The lowest BCUT2D eigenvalue weighted by Crippen LogP contribution is -2.03. The molecule has 3 rings (SSSR count). The molecule has 1 aliphatic heterocycles. The van der Waals surface area contributed by atoms with E-state index < -0.39 is 0 Å². The van der Waals surface area contributed by atoms with Crippen molar-refractivity contribution < 1.29 is 4.79 Å². The second-order valence-corrected chi connectivity index (χ2v) is 6.27. The largest absolute Gasteiger partial charge is 0.321 e. The molecule has 1 amide bonds. The summed E-state index contributed by atoms with van der Waals surface area (Å²) < 4.78 is 0.969. The fourth-order valence-electron chi connectivity index (χ4n) is 2.17. The van der Waals surface area contributed by atoms with Crippen LogP contribution in [0.4, 0.5) is 5.69 Å². The minimum atomic E-state index is -0.0490. The second kappa shape index (κ2) is 5.46. The van der Waals surface area contributed by atoms with Gasteiger partial charge in [-0.25, -0.2) is 0 Å². The summed E-state index contributed by atoms with van der Waals surface area (Å²) in [5, 5.41) is 2.89. The van der Waals surface area contributed by atoms with Gasteiger partial charge in [0.25, 0.3) is 5.91 Å². The molecule has 1 N–H and O–H groups in total. The molecule has 0 radical (unpaired) electrons. The topological polar surface area (TPSA) is 29.1 Å². The van der Waals surface area contributed by atoms with Crippen LogP contribution in [0, 0.1) is 0 Å². The van der Waals surface area contributed by atoms with E-state index in [0.29, 0.717) is 5.57 Å². The first-order valence-electron chi connectivity index (χ1n) is 6.14. The van der Waals surface area contributed by atoms with Crippen LogP contribution in [-0.2, 0) is 4.79 Å². The summed E-state index contributed by atoms with van der Waals surface area (Å²) in [6.07, 6.45) is 3.98. The van der Waals surface area contributed by atoms with Gasteiger partial charge >= 0.3 is 0 Å². The summed E-state index contributed by atoms with van der Waals surface area (Å²) in [5.41, 5.74) is 3.54. The van der Waals surface area contributed by atoms with Crippen molar-refractivity contribution in [1.82, 2.24) is 0 Å². The van der Waals surface area contributed by atoms with Gasteiger partial charge < -0.3 is 5.32 Å². The van der Waals surface area contributed by atoms with Crippen LogP contribution in [0.25, 0.3) is 11.6 Å². The Hall–Kier alpha value is -1.52. The highest BCUT2D eigenvalue weighted by molar-refractivity contribution is 9.10. The van der Waals surface area contributed by atoms with E-state index in [1.165, 1.54) is 4.90 Å². The number of halogens is 1. The van der Waals surface area contributed by atoms with Crippen molar-refractivity contribution in [2.24, 2.45) is 0 Å². The molecule has 0 aromatic heterocycles. The Balaban J connectivity index is 2.03. The number of carbonyl (C=O) groups is 1. The lowest BCUT2D eigenvalue weighted by Gasteiger charge is -2.01. The molecule has 0 fully saturated rings. The highest BCUT2D eigenvalue weighted by Gasteiger charge is 2.23. The summed E-state index contributed by atoms with van der Waals surface area (Å²) >= 11 is 5.15. The van der Waals surface area contributed by atoms with Gasteiger partial charge in [0.1, 0.15) is 0 Å². The van der Waals surface area contributed by atoms with Crippen molar-refractivity contribution in [3.05, 3.63) is 58.1 Å². The van der Waals surface area contributed by atoms with Crippen molar-refractivity contribution in [2.45, 2.75) is 4.90 Å². The molecule has 1 aliphatic rings. The van der Waals surface area contributed by atoms with Gasteiger partial charge in [0.05, 0.1) is 0 Å². The number of thioether (sulfide) groups is 1. The molecule has 2 nitrogen and oxygen atoms in total. The molecule has 0 saturated heterocycles. The summed E-state index contributed by atoms with van der Waals surface area (Å²) in [7, 11) is 0. The number of anilines is 1. The first-order chi connectivity index (χ1) is 9.67. The number of nitrogens with one attached hydrogen (secondary N) is 1. The Bertz CT molecular complexity index is 707. The molecule has 100 valence electrons. The third-order valence-electron chi connectivity index (χ3n) is 3.19. The molecule has 0 atom stereocenters. The first kappa shape index (κ1) is 13.5. The number of hydrogen-bond acceptors (Lipinski definition) is 2. The third kappa shape index (κ3) is 2.53. The van der Waals surface area contributed by atoms with E-state index in [4.69, 9.17) is 0 Å². The van der Waals surface area contributed by atoms with Crippen LogP contribution in [0.3, 0.4) is 0 Å². The van der Waals surface area contributed by atoms with Crippen LogP contribution in [0.1, 0.15) is 11.1 Å². The molecule has 2 aromatic rings. The average molecular weight is 346 g/mol. The lowest BCUT2D eigenvalue weighted by molar-refractivity contribution is -0.110. The van der Waals surface area contributed by atoms with Crippen LogP contribution >= 0.6 is 27.7 Å². The van der Waals surface area contributed by atoms with Gasteiger partial charge in [0.2, 0.25) is 0 Å². The smallest absolute Gasteiger partial charge is 0.256 e. The van der Waals surface area contributed by atoms with Crippen molar-refractivity contribution in [1.29, 1.82) is 0 Å². The Labute approximate surface area is 130 Å². The van der Waals surface area contributed by atoms with Crippen molar-refractivity contribution in [3.8, 4) is 0 Å². The maximum absolute atomic E-state index is 12.1. The number of carbonyl (C=O) groups excluding carboxylic acids is 1. The van der Waals surface area contributed by atoms with E-state index in [-0.39, 0.29) is 5.91 Å². The molecular weight excluding hydrogens is 334 g/mol. The van der Waals surface area contributed by atoms with Gasteiger partial charge in [-0.05, 0) is 48.2 Å². The summed E-state index contributed by atoms with van der Waals surface area (Å²) in [6.45, 7) is 0. The monoisotopic (exact) mass is 345 g/mol. The number of benzene rings is 2. The van der Waals surface area contributed by atoms with E-state index >= 15 is 0 Å². The summed E-state index contributed by atoms with van der Waals surface area (Å²) in [5.74, 6) is -0.0490. The van der Waals surface area contributed by atoms with Gasteiger partial charge in [0, 0.05) is 26.2 Å². The predicted molar refractivity (Wildman–Crippen MR) is 88.9 cm³/mol. The van der Waals surface area contributed by atoms with Gasteiger partial charge in [-0.3, -0.25) is 4.79 Å². The maximum Gasteiger partial charge on any atom is 0.256 e. The van der Waals surface area contributed by atoms with E-state index in [2.05, 4.69) is 33.4 Å². The van der Waals surface area contributed by atoms with E-state index in [1.807, 2.05) is 42.7 Å². The van der Waals surface area contributed by atoms with Gasteiger partial charge in [-0.2, -0.15) is 0 Å². The molecule has 4 heteroatoms. The maximum atomic E-state index is 12.1. The Morgan fingerprint density at radius 2 is 1.90 bits per heavy atom. The number of fused-ring (bicyclic) bond motifs is 1. The van der Waals surface area contributed by atoms with Crippen LogP contribution in [0.5, 0.6) is 0 Å². The Kier molecular flexibility index (Phi) is 3.68. The standard InChI is InChI=1S/C16H12BrNOS/c1-20-12-5-2-10(3-6-12)8-14-13-9-11(17)4-7-15(13)18-16(14)19/h2-9H,1H3,(H,18,19)/b14-8-. The molecule has 20 heavy (non-hydrogen) atoms. The van der Waals surface area contributed by atoms with Crippen molar-refractivity contribution in [2.75, 3.05) is 11.6 Å². The van der Waals surface area contributed by atoms with Gasteiger partial charge in [0.15, 0.2) is 0 Å². The fraction of sp³-hybridized carbons (Fsp3) is 0.0625. The van der Waals surface area contributed by atoms with E-state index in [0.717, 1.165) is 21.3 Å². The van der Waals surface area contributed by atoms with Gasteiger partial charge in [-0.15, -0.1) is 11.8 Å². The molecule has 1 heterocycles. The normalized spacial score (nSPS) is 15.3. The summed E-state index contributed by atoms with van der Waals surface area (Å²) in [4.78, 5) is 13.3. The molecule has 0 bridgehead atoms. The minimum absolute atomic E-state index is 0.0490. The zero-order chi connectivity index (χ0) is 14.1. The van der Waals surface area contributed by atoms with Crippen molar-refractivity contribution >= 4 is 50.9 Å². The van der Waals surface area contributed by atoms with Crippen LogP contribution in [0.15, 0.2) is 51.8 Å². The number of rotatable bonds is 2. The molecular formula is C16H12BrNOS. The first-order valence-corrected chi connectivity index (χ1v) is 8.16. The van der Waals surface area contributed by atoms with E-state index in [1.54, 1.807) is 11.8 Å². The minimum Gasteiger partial charge on any atom is -0.321 e. The third-order valence-corrected chi connectivity index (χ3v) is 4.43. The van der Waals surface area contributed by atoms with Crippen LogP contribution < -0.4 is 5.32 Å². The molecule has 0 spiro atoms. The number of hydrogen-bond donors (Lipinski definition) is 1. The Morgan fingerprint density at radius 3 is 2.60 bits per heavy atom. The summed E-state index contributed by atoms with van der Waals surface area (Å²) in [6, 6.07) is 14.0. The molecule has 0 aliphatic carbocycles.